The SMILES string of the molecule is Cc1nc(Cn2c(-c3ccc([N+](=O)[O-])cc3)noc2=O)sc1C. The summed E-state index contributed by atoms with van der Waals surface area (Å²) in [4.78, 5) is 27.6. The van der Waals surface area contributed by atoms with E-state index in [1.165, 1.54) is 40.2 Å². The van der Waals surface area contributed by atoms with E-state index in [2.05, 4.69) is 10.1 Å². The van der Waals surface area contributed by atoms with Gasteiger partial charge in [0.15, 0.2) is 5.82 Å². The molecule has 3 rings (SSSR count). The zero-order valence-corrected chi connectivity index (χ0v) is 13.2. The number of rotatable bonds is 4. The molecule has 3 aromatic rings. The molecule has 0 unspecified atom stereocenters. The van der Waals surface area contributed by atoms with Crippen LogP contribution < -0.4 is 5.76 Å². The van der Waals surface area contributed by atoms with Crippen molar-refractivity contribution in [3.05, 3.63) is 60.5 Å². The van der Waals surface area contributed by atoms with Gasteiger partial charge in [-0.05, 0) is 26.0 Å². The van der Waals surface area contributed by atoms with Crippen molar-refractivity contribution in [1.82, 2.24) is 14.7 Å². The van der Waals surface area contributed by atoms with Gasteiger partial charge in [0.05, 0.1) is 17.2 Å². The zero-order chi connectivity index (χ0) is 16.6. The van der Waals surface area contributed by atoms with Gasteiger partial charge in [-0.3, -0.25) is 14.6 Å². The van der Waals surface area contributed by atoms with Gasteiger partial charge in [-0.15, -0.1) is 11.3 Å². The number of benzene rings is 1. The van der Waals surface area contributed by atoms with Crippen LogP contribution in [0.4, 0.5) is 5.69 Å². The highest BCUT2D eigenvalue weighted by Gasteiger charge is 2.16. The third kappa shape index (κ3) is 2.90. The van der Waals surface area contributed by atoms with E-state index < -0.39 is 10.7 Å². The van der Waals surface area contributed by atoms with Crippen molar-refractivity contribution in [1.29, 1.82) is 0 Å². The molecule has 0 saturated carbocycles. The molecule has 0 saturated heterocycles. The molecule has 0 atom stereocenters. The normalized spacial score (nSPS) is 10.9. The number of nitro groups is 1. The Morgan fingerprint density at radius 2 is 2.00 bits per heavy atom. The fourth-order valence-electron chi connectivity index (χ4n) is 2.09. The van der Waals surface area contributed by atoms with Crippen LogP contribution in [0.15, 0.2) is 33.6 Å². The maximum atomic E-state index is 11.9. The molecule has 8 nitrogen and oxygen atoms in total. The minimum atomic E-state index is -0.594. The summed E-state index contributed by atoms with van der Waals surface area (Å²) in [7, 11) is 0. The van der Waals surface area contributed by atoms with E-state index in [1.807, 2.05) is 13.8 Å². The van der Waals surface area contributed by atoms with Gasteiger partial charge in [0.2, 0.25) is 0 Å². The molecule has 2 aromatic heterocycles. The summed E-state index contributed by atoms with van der Waals surface area (Å²) in [5.41, 5.74) is 1.45. The van der Waals surface area contributed by atoms with Crippen LogP contribution in [0, 0.1) is 24.0 Å². The smallest absolute Gasteiger partial charge is 0.295 e. The molecular formula is C14H12N4O4S. The summed E-state index contributed by atoms with van der Waals surface area (Å²) in [5, 5.41) is 15.2. The van der Waals surface area contributed by atoms with E-state index in [4.69, 9.17) is 4.52 Å². The van der Waals surface area contributed by atoms with Crippen LogP contribution in [-0.2, 0) is 6.54 Å². The van der Waals surface area contributed by atoms with Crippen molar-refractivity contribution in [3.63, 3.8) is 0 Å². The van der Waals surface area contributed by atoms with E-state index in [1.54, 1.807) is 0 Å². The second-order valence-corrected chi connectivity index (χ2v) is 6.20. The highest BCUT2D eigenvalue weighted by atomic mass is 32.1. The second kappa shape index (κ2) is 5.76. The average molecular weight is 332 g/mol. The molecule has 0 aliphatic rings. The van der Waals surface area contributed by atoms with Crippen LogP contribution >= 0.6 is 11.3 Å². The highest BCUT2D eigenvalue weighted by Crippen LogP contribution is 2.22. The molecule has 23 heavy (non-hydrogen) atoms. The Kier molecular flexibility index (Phi) is 3.78. The maximum Gasteiger partial charge on any atom is 0.442 e. The second-order valence-electron chi connectivity index (χ2n) is 4.91. The Bertz CT molecular complexity index is 904. The van der Waals surface area contributed by atoms with Gasteiger partial charge in [-0.2, -0.15) is 0 Å². The predicted molar refractivity (Wildman–Crippen MR) is 83.5 cm³/mol. The Morgan fingerprint density at radius 3 is 2.57 bits per heavy atom. The van der Waals surface area contributed by atoms with E-state index in [0.717, 1.165) is 15.6 Å². The van der Waals surface area contributed by atoms with Crippen LogP contribution in [0.25, 0.3) is 11.4 Å². The molecule has 0 spiro atoms. The summed E-state index contributed by atoms with van der Waals surface area (Å²) in [5.74, 6) is -0.278. The first-order chi connectivity index (χ1) is 11.0. The Balaban J connectivity index is 1.98. The van der Waals surface area contributed by atoms with Crippen molar-refractivity contribution in [2.24, 2.45) is 0 Å². The molecule has 0 fully saturated rings. The molecule has 0 aliphatic carbocycles. The minimum absolute atomic E-state index is 0.0303. The fourth-order valence-corrected chi connectivity index (χ4v) is 3.01. The monoisotopic (exact) mass is 332 g/mol. The molecule has 0 bridgehead atoms. The summed E-state index contributed by atoms with van der Waals surface area (Å²) < 4.78 is 6.10. The summed E-state index contributed by atoms with van der Waals surface area (Å²) in [6, 6.07) is 5.78. The molecule has 0 aliphatic heterocycles. The lowest BCUT2D eigenvalue weighted by Crippen LogP contribution is -2.16. The van der Waals surface area contributed by atoms with Gasteiger partial charge in [0, 0.05) is 22.6 Å². The summed E-state index contributed by atoms with van der Waals surface area (Å²) in [6.45, 7) is 4.11. The molecule has 118 valence electrons. The van der Waals surface area contributed by atoms with E-state index >= 15 is 0 Å². The highest BCUT2D eigenvalue weighted by molar-refractivity contribution is 7.11. The maximum absolute atomic E-state index is 11.9. The van der Waals surface area contributed by atoms with Gasteiger partial charge in [0.1, 0.15) is 5.01 Å². The van der Waals surface area contributed by atoms with Crippen LogP contribution in [0.1, 0.15) is 15.6 Å². The number of hydrogen-bond acceptors (Lipinski definition) is 7. The van der Waals surface area contributed by atoms with Crippen LogP contribution in [0.3, 0.4) is 0 Å². The van der Waals surface area contributed by atoms with Gasteiger partial charge >= 0.3 is 5.76 Å². The number of nitrogens with zero attached hydrogens (tertiary/aromatic N) is 4. The van der Waals surface area contributed by atoms with Crippen molar-refractivity contribution in [2.45, 2.75) is 20.4 Å². The fraction of sp³-hybridized carbons (Fsp3) is 0.214. The Labute approximate surface area is 134 Å². The van der Waals surface area contributed by atoms with E-state index in [-0.39, 0.29) is 12.2 Å². The van der Waals surface area contributed by atoms with E-state index in [9.17, 15) is 14.9 Å². The number of thiazole rings is 1. The molecule has 0 amide bonds. The van der Waals surface area contributed by atoms with Gasteiger partial charge < -0.3 is 0 Å². The first kappa shape index (κ1) is 15.1. The van der Waals surface area contributed by atoms with Gasteiger partial charge in [-0.25, -0.2) is 14.3 Å². The number of aryl methyl sites for hydroxylation is 2. The lowest BCUT2D eigenvalue weighted by molar-refractivity contribution is -0.384. The lowest BCUT2D eigenvalue weighted by Gasteiger charge is -2.02. The predicted octanol–water partition coefficient (Wildman–Crippen LogP) is 2.53. The van der Waals surface area contributed by atoms with E-state index in [0.29, 0.717) is 11.4 Å². The molecule has 2 heterocycles. The Hall–Kier alpha value is -2.81. The van der Waals surface area contributed by atoms with Crippen molar-refractivity contribution in [3.8, 4) is 11.4 Å². The van der Waals surface area contributed by atoms with Crippen LogP contribution in [0.5, 0.6) is 0 Å². The standard InChI is InChI=1S/C14H12N4O4S/c1-8-9(2)23-12(15-8)7-17-13(16-22-14(17)19)10-3-5-11(6-4-10)18(20)21/h3-6H,7H2,1-2H3. The third-order valence-electron chi connectivity index (χ3n) is 3.39. The Morgan fingerprint density at radius 1 is 1.30 bits per heavy atom. The first-order valence-electron chi connectivity index (χ1n) is 6.70. The van der Waals surface area contributed by atoms with Crippen LogP contribution in [0.2, 0.25) is 0 Å². The van der Waals surface area contributed by atoms with Gasteiger partial charge in [-0.1, -0.05) is 5.16 Å². The van der Waals surface area contributed by atoms with Crippen molar-refractivity contribution < 1.29 is 9.45 Å². The summed E-state index contributed by atoms with van der Waals surface area (Å²) in [6.07, 6.45) is 0. The quantitative estimate of drug-likeness (QED) is 0.537. The molecule has 0 radical (unpaired) electrons. The first-order valence-corrected chi connectivity index (χ1v) is 7.51. The number of non-ortho nitro benzene ring substituents is 1. The number of aromatic nitrogens is 3. The average Bonchev–Trinajstić information content (AvgIpc) is 3.03. The number of hydrogen-bond donors (Lipinski definition) is 0. The van der Waals surface area contributed by atoms with Gasteiger partial charge in [0.25, 0.3) is 5.69 Å². The molecule has 0 N–H and O–H groups in total. The van der Waals surface area contributed by atoms with Crippen LogP contribution in [-0.4, -0.2) is 19.6 Å². The number of nitro benzene ring substituents is 1. The van der Waals surface area contributed by atoms with Crippen molar-refractivity contribution >= 4 is 17.0 Å². The summed E-state index contributed by atoms with van der Waals surface area (Å²) >= 11 is 1.50. The van der Waals surface area contributed by atoms with Crippen molar-refractivity contribution in [2.75, 3.05) is 0 Å². The molecule has 1 aromatic carbocycles. The zero-order valence-electron chi connectivity index (χ0n) is 12.3. The largest absolute Gasteiger partial charge is 0.442 e. The topological polar surface area (TPSA) is 104 Å². The molecule has 9 heteroatoms. The lowest BCUT2D eigenvalue weighted by atomic mass is 10.2. The third-order valence-corrected chi connectivity index (χ3v) is 4.45. The minimum Gasteiger partial charge on any atom is -0.295 e. The molecular weight excluding hydrogens is 320 g/mol.